The largest absolute Gasteiger partial charge is 0.465 e. The summed E-state index contributed by atoms with van der Waals surface area (Å²) < 4.78 is 9.32. The molecule has 16 heteroatoms. The van der Waals surface area contributed by atoms with E-state index < -0.39 is 44.9 Å². The number of nitro groups is 2. The van der Waals surface area contributed by atoms with Gasteiger partial charge >= 0.3 is 17.6 Å². The average molecular weight is 511 g/mol. The number of amides is 1. The Morgan fingerprint density at radius 3 is 2.03 bits per heavy atom. The van der Waals surface area contributed by atoms with Gasteiger partial charge in [0.25, 0.3) is 11.6 Å². The predicted octanol–water partition coefficient (Wildman–Crippen LogP) is 2.37. The molecule has 0 fully saturated rings. The van der Waals surface area contributed by atoms with Crippen molar-refractivity contribution < 1.29 is 33.7 Å². The smallest absolute Gasteiger partial charge is 0.355 e. The fraction of sp³-hybridized carbons (Fsp3) is 0.0952. The Balaban J connectivity index is 1.94. The highest BCUT2D eigenvalue weighted by atomic mass is 16.6. The van der Waals surface area contributed by atoms with Crippen LogP contribution in [0.4, 0.5) is 28.7 Å². The fourth-order valence-electron chi connectivity index (χ4n) is 3.05. The summed E-state index contributed by atoms with van der Waals surface area (Å²) in [5.41, 5.74) is 2.80. The Morgan fingerprint density at radius 1 is 0.865 bits per heavy atom. The number of hydrogen-bond donors (Lipinski definition) is 3. The number of hydrogen-bond acceptors (Lipinski definition) is 13. The molecule has 1 amide bonds. The van der Waals surface area contributed by atoms with Crippen molar-refractivity contribution in [1.82, 2.24) is 15.4 Å². The third-order valence-corrected chi connectivity index (χ3v) is 4.68. The van der Waals surface area contributed by atoms with Crippen LogP contribution in [0, 0.1) is 20.2 Å². The zero-order chi connectivity index (χ0) is 27.1. The monoisotopic (exact) mass is 511 g/mol. The molecule has 0 aliphatic carbocycles. The van der Waals surface area contributed by atoms with E-state index in [0.29, 0.717) is 0 Å². The van der Waals surface area contributed by atoms with Gasteiger partial charge in [0.15, 0.2) is 0 Å². The van der Waals surface area contributed by atoms with Gasteiger partial charge in [0.05, 0.1) is 35.2 Å². The number of ether oxygens (including phenoxy) is 2. The Morgan fingerprint density at radius 2 is 1.46 bits per heavy atom. The summed E-state index contributed by atoms with van der Waals surface area (Å²) >= 11 is 0. The highest BCUT2D eigenvalue weighted by Crippen LogP contribution is 2.31. The number of anilines is 3. The lowest BCUT2D eigenvalue weighted by molar-refractivity contribution is -0.385. The van der Waals surface area contributed by atoms with Gasteiger partial charge in [0, 0.05) is 11.8 Å². The number of carbonyl (C=O) groups excluding carboxylic acids is 3. The number of hydrazine groups is 1. The zero-order valence-electron chi connectivity index (χ0n) is 19.1. The van der Waals surface area contributed by atoms with Crippen molar-refractivity contribution >= 4 is 46.5 Å². The molecule has 0 aliphatic heterocycles. The summed E-state index contributed by atoms with van der Waals surface area (Å²) in [4.78, 5) is 65.4. The van der Waals surface area contributed by atoms with Gasteiger partial charge in [0.2, 0.25) is 11.6 Å². The minimum absolute atomic E-state index is 0.0417. The van der Waals surface area contributed by atoms with E-state index in [4.69, 9.17) is 0 Å². The molecule has 0 aliphatic rings. The van der Waals surface area contributed by atoms with Crippen molar-refractivity contribution in [3.05, 3.63) is 85.7 Å². The van der Waals surface area contributed by atoms with Crippen LogP contribution >= 0.6 is 0 Å². The van der Waals surface area contributed by atoms with Crippen LogP contribution in [0.25, 0.3) is 0 Å². The summed E-state index contributed by atoms with van der Waals surface area (Å²) in [5, 5.41) is 25.6. The number of methoxy groups -OCH3 is 2. The SMILES string of the molecule is COC(=O)c1cc(Nc2ncnc(NNC(=O)c3ccccc3[N+](=O)[O-])c2[N+](=O)[O-])cc(C(=O)OC)c1. The van der Waals surface area contributed by atoms with Crippen molar-refractivity contribution in [2.45, 2.75) is 0 Å². The molecule has 37 heavy (non-hydrogen) atoms. The van der Waals surface area contributed by atoms with Gasteiger partial charge in [0.1, 0.15) is 11.9 Å². The first-order valence-electron chi connectivity index (χ1n) is 10.0. The van der Waals surface area contributed by atoms with Gasteiger partial charge in [-0.1, -0.05) is 12.1 Å². The maximum absolute atomic E-state index is 12.5. The standard InChI is InChI=1S/C21H17N7O9/c1-36-20(30)11-7-12(21(31)37-2)9-13(8-11)24-17-16(28(34)35)18(23-10-22-17)25-26-19(29)14-5-3-4-6-15(14)27(32)33/h3-10H,1-2H3,(H,26,29)(H2,22,23,24,25). The number of rotatable bonds is 9. The van der Waals surface area contributed by atoms with Crippen LogP contribution in [0.2, 0.25) is 0 Å². The van der Waals surface area contributed by atoms with E-state index in [1.165, 1.54) is 36.4 Å². The number of aromatic nitrogens is 2. The zero-order valence-corrected chi connectivity index (χ0v) is 19.1. The molecule has 3 aromatic rings. The second-order valence-electron chi connectivity index (χ2n) is 6.94. The van der Waals surface area contributed by atoms with Crippen LogP contribution in [0.5, 0.6) is 0 Å². The Bertz CT molecular complexity index is 1380. The van der Waals surface area contributed by atoms with E-state index in [9.17, 15) is 34.6 Å². The van der Waals surface area contributed by atoms with Crippen molar-refractivity contribution in [2.75, 3.05) is 25.0 Å². The lowest BCUT2D eigenvalue weighted by atomic mass is 10.1. The third-order valence-electron chi connectivity index (χ3n) is 4.68. The molecule has 190 valence electrons. The van der Waals surface area contributed by atoms with E-state index in [0.717, 1.165) is 26.6 Å². The molecule has 0 spiro atoms. The van der Waals surface area contributed by atoms with E-state index in [-0.39, 0.29) is 28.2 Å². The van der Waals surface area contributed by atoms with Gasteiger partial charge < -0.3 is 14.8 Å². The molecule has 0 radical (unpaired) electrons. The molecule has 1 heterocycles. The van der Waals surface area contributed by atoms with Crippen LogP contribution < -0.4 is 16.2 Å². The molecule has 0 saturated heterocycles. The summed E-state index contributed by atoms with van der Waals surface area (Å²) in [6.45, 7) is 0. The van der Waals surface area contributed by atoms with Gasteiger partial charge in [-0.05, 0) is 24.3 Å². The fourth-order valence-corrected chi connectivity index (χ4v) is 3.05. The average Bonchev–Trinajstić information content (AvgIpc) is 2.90. The minimum atomic E-state index is -0.955. The first-order chi connectivity index (χ1) is 17.7. The molecule has 2 aromatic carbocycles. The topological polar surface area (TPSA) is 218 Å². The van der Waals surface area contributed by atoms with E-state index in [1.54, 1.807) is 0 Å². The summed E-state index contributed by atoms with van der Waals surface area (Å²) in [6, 6.07) is 8.82. The molecule has 16 nitrogen and oxygen atoms in total. The second-order valence-corrected chi connectivity index (χ2v) is 6.94. The maximum Gasteiger partial charge on any atom is 0.355 e. The number of benzene rings is 2. The molecule has 0 unspecified atom stereocenters. The summed E-state index contributed by atoms with van der Waals surface area (Å²) in [6.07, 6.45) is 0.931. The van der Waals surface area contributed by atoms with E-state index in [2.05, 4.69) is 35.6 Å². The summed E-state index contributed by atoms with van der Waals surface area (Å²) in [7, 11) is 2.26. The van der Waals surface area contributed by atoms with Gasteiger partial charge in [-0.3, -0.25) is 35.9 Å². The molecule has 3 rings (SSSR count). The molecule has 0 atom stereocenters. The van der Waals surface area contributed by atoms with Crippen molar-refractivity contribution in [3.8, 4) is 0 Å². The number of nitrogens with one attached hydrogen (secondary N) is 3. The highest BCUT2D eigenvalue weighted by Gasteiger charge is 2.26. The number of carbonyl (C=O) groups is 3. The molecular formula is C21H17N7O9. The molecular weight excluding hydrogens is 494 g/mol. The molecule has 0 bridgehead atoms. The van der Waals surface area contributed by atoms with Crippen molar-refractivity contribution in [1.29, 1.82) is 0 Å². The van der Waals surface area contributed by atoms with Crippen LogP contribution in [0.15, 0.2) is 48.8 Å². The quantitative estimate of drug-likeness (QED) is 0.214. The number of nitro benzene ring substituents is 1. The van der Waals surface area contributed by atoms with Gasteiger partial charge in [-0.15, -0.1) is 0 Å². The Hall–Kier alpha value is -5.67. The van der Waals surface area contributed by atoms with Crippen LogP contribution in [0.3, 0.4) is 0 Å². The first kappa shape index (κ1) is 25.9. The highest BCUT2D eigenvalue weighted by molar-refractivity contribution is 5.99. The third kappa shape index (κ3) is 5.88. The first-order valence-corrected chi connectivity index (χ1v) is 10.0. The van der Waals surface area contributed by atoms with E-state index >= 15 is 0 Å². The molecule has 3 N–H and O–H groups in total. The van der Waals surface area contributed by atoms with Gasteiger partial charge in [-0.25, -0.2) is 19.6 Å². The molecule has 0 saturated carbocycles. The molecule has 1 aromatic heterocycles. The van der Waals surface area contributed by atoms with Crippen LogP contribution in [-0.2, 0) is 9.47 Å². The van der Waals surface area contributed by atoms with Crippen LogP contribution in [-0.4, -0.2) is 51.9 Å². The second kappa shape index (κ2) is 11.2. The maximum atomic E-state index is 12.5. The van der Waals surface area contributed by atoms with Crippen LogP contribution in [0.1, 0.15) is 31.1 Å². The minimum Gasteiger partial charge on any atom is -0.465 e. The van der Waals surface area contributed by atoms with E-state index in [1.807, 2.05) is 0 Å². The Kier molecular flexibility index (Phi) is 7.83. The van der Waals surface area contributed by atoms with Gasteiger partial charge in [-0.2, -0.15) is 0 Å². The lowest BCUT2D eigenvalue weighted by Crippen LogP contribution is -2.30. The van der Waals surface area contributed by atoms with Crippen molar-refractivity contribution in [3.63, 3.8) is 0 Å². The van der Waals surface area contributed by atoms with Crippen molar-refractivity contribution in [2.24, 2.45) is 0 Å². The number of nitrogens with zero attached hydrogens (tertiary/aromatic N) is 4. The lowest BCUT2D eigenvalue weighted by Gasteiger charge is -2.12. The predicted molar refractivity (Wildman–Crippen MR) is 125 cm³/mol. The summed E-state index contributed by atoms with van der Waals surface area (Å²) in [5.74, 6) is -3.37. The number of para-hydroxylation sites is 1. The normalized spacial score (nSPS) is 10.1. The Labute approximate surface area is 206 Å². The number of esters is 2.